The van der Waals surface area contributed by atoms with Gasteiger partial charge in [0.25, 0.3) is 0 Å². The fraction of sp³-hybridized carbons (Fsp3) is 0.545. The molecule has 0 aliphatic heterocycles. The van der Waals surface area contributed by atoms with Gasteiger partial charge < -0.3 is 15.2 Å². The molecule has 0 saturated heterocycles. The van der Waals surface area contributed by atoms with Crippen LogP contribution in [0.25, 0.3) is 0 Å². The molecule has 0 aromatic carbocycles. The molecule has 6 heteroatoms. The maximum absolute atomic E-state index is 11.2. The van der Waals surface area contributed by atoms with Crippen LogP contribution in [0.2, 0.25) is 0 Å². The number of carbonyl (C=O) groups excluding carboxylic acids is 1. The lowest BCUT2D eigenvalue weighted by Gasteiger charge is -2.15. The standard InChI is InChI=1S/C11H17N3O3/c1-7(2)9(15)5-13-10-6-12-4-8(14-10)11(16)17-3/h4,6-7,9,15H,5H2,1-3H3,(H,13,14). The van der Waals surface area contributed by atoms with Crippen LogP contribution >= 0.6 is 0 Å². The molecular weight excluding hydrogens is 222 g/mol. The van der Waals surface area contributed by atoms with Gasteiger partial charge in [-0.25, -0.2) is 9.78 Å². The van der Waals surface area contributed by atoms with Gasteiger partial charge in [0.2, 0.25) is 0 Å². The quantitative estimate of drug-likeness (QED) is 0.735. The van der Waals surface area contributed by atoms with E-state index in [-0.39, 0.29) is 11.6 Å². The minimum atomic E-state index is -0.537. The third-order valence-electron chi connectivity index (χ3n) is 2.29. The molecule has 0 amide bonds. The van der Waals surface area contributed by atoms with Crippen molar-refractivity contribution in [3.05, 3.63) is 18.1 Å². The maximum Gasteiger partial charge on any atom is 0.358 e. The van der Waals surface area contributed by atoms with Crippen molar-refractivity contribution in [3.8, 4) is 0 Å². The monoisotopic (exact) mass is 239 g/mol. The summed E-state index contributed by atoms with van der Waals surface area (Å²) >= 11 is 0. The highest BCUT2D eigenvalue weighted by Gasteiger charge is 2.11. The number of esters is 1. The van der Waals surface area contributed by atoms with Crippen LogP contribution in [0.15, 0.2) is 12.4 Å². The van der Waals surface area contributed by atoms with E-state index < -0.39 is 12.1 Å². The highest BCUT2D eigenvalue weighted by molar-refractivity contribution is 5.87. The largest absolute Gasteiger partial charge is 0.464 e. The van der Waals surface area contributed by atoms with Crippen molar-refractivity contribution >= 4 is 11.8 Å². The van der Waals surface area contributed by atoms with Crippen molar-refractivity contribution in [2.24, 2.45) is 5.92 Å². The second kappa shape index (κ2) is 6.15. The summed E-state index contributed by atoms with van der Waals surface area (Å²) in [6.07, 6.45) is 2.34. The summed E-state index contributed by atoms with van der Waals surface area (Å²) in [7, 11) is 1.28. The number of hydrogen-bond donors (Lipinski definition) is 2. The molecule has 0 radical (unpaired) electrons. The lowest BCUT2D eigenvalue weighted by Crippen LogP contribution is -2.25. The third-order valence-corrected chi connectivity index (χ3v) is 2.29. The number of hydrogen-bond acceptors (Lipinski definition) is 6. The Morgan fingerprint density at radius 1 is 1.53 bits per heavy atom. The molecule has 1 heterocycles. The Hall–Kier alpha value is -1.69. The van der Waals surface area contributed by atoms with E-state index in [1.165, 1.54) is 19.5 Å². The van der Waals surface area contributed by atoms with Crippen LogP contribution in [-0.2, 0) is 4.74 Å². The minimum Gasteiger partial charge on any atom is -0.464 e. The van der Waals surface area contributed by atoms with Gasteiger partial charge in [-0.2, -0.15) is 0 Å². The second-order valence-corrected chi connectivity index (χ2v) is 3.97. The van der Waals surface area contributed by atoms with Crippen LogP contribution in [0.3, 0.4) is 0 Å². The second-order valence-electron chi connectivity index (χ2n) is 3.97. The lowest BCUT2D eigenvalue weighted by atomic mass is 10.1. The van der Waals surface area contributed by atoms with Crippen LogP contribution in [-0.4, -0.2) is 40.8 Å². The molecule has 0 spiro atoms. The number of anilines is 1. The van der Waals surface area contributed by atoms with Gasteiger partial charge in [-0.3, -0.25) is 4.98 Å². The van der Waals surface area contributed by atoms with Gasteiger partial charge in [0.15, 0.2) is 5.69 Å². The van der Waals surface area contributed by atoms with E-state index in [1.54, 1.807) is 0 Å². The smallest absolute Gasteiger partial charge is 0.358 e. The van der Waals surface area contributed by atoms with Crippen LogP contribution in [0.4, 0.5) is 5.82 Å². The Morgan fingerprint density at radius 3 is 2.82 bits per heavy atom. The summed E-state index contributed by atoms with van der Waals surface area (Å²) in [5, 5.41) is 12.5. The van der Waals surface area contributed by atoms with E-state index in [0.29, 0.717) is 12.4 Å². The van der Waals surface area contributed by atoms with Gasteiger partial charge in [0.05, 0.1) is 25.6 Å². The summed E-state index contributed by atoms with van der Waals surface area (Å²) in [5.74, 6) is 0.0532. The zero-order valence-corrected chi connectivity index (χ0v) is 10.2. The highest BCUT2D eigenvalue weighted by atomic mass is 16.5. The number of carbonyl (C=O) groups is 1. The molecule has 1 aromatic rings. The number of aliphatic hydroxyl groups excluding tert-OH is 1. The summed E-state index contributed by atoms with van der Waals surface area (Å²) < 4.78 is 4.54. The Bertz CT molecular complexity index is 382. The fourth-order valence-electron chi connectivity index (χ4n) is 1.10. The number of aromatic nitrogens is 2. The van der Waals surface area contributed by atoms with Gasteiger partial charge in [0, 0.05) is 6.54 Å². The number of nitrogens with one attached hydrogen (secondary N) is 1. The first kappa shape index (κ1) is 13.4. The zero-order chi connectivity index (χ0) is 12.8. The molecule has 94 valence electrons. The molecule has 2 N–H and O–H groups in total. The van der Waals surface area contributed by atoms with E-state index in [0.717, 1.165) is 0 Å². The minimum absolute atomic E-state index is 0.136. The number of methoxy groups -OCH3 is 1. The van der Waals surface area contributed by atoms with Crippen molar-refractivity contribution < 1.29 is 14.6 Å². The molecule has 0 fully saturated rings. The number of ether oxygens (including phenoxy) is 1. The molecule has 0 bridgehead atoms. The SMILES string of the molecule is COC(=O)c1cncc(NCC(O)C(C)C)n1. The molecule has 1 rings (SSSR count). The molecule has 1 aromatic heterocycles. The fourth-order valence-corrected chi connectivity index (χ4v) is 1.10. The molecule has 17 heavy (non-hydrogen) atoms. The number of nitrogens with zero attached hydrogens (tertiary/aromatic N) is 2. The topological polar surface area (TPSA) is 84.3 Å². The molecule has 1 atom stereocenters. The van der Waals surface area contributed by atoms with Crippen molar-refractivity contribution in [2.75, 3.05) is 19.0 Å². The normalized spacial score (nSPS) is 12.3. The van der Waals surface area contributed by atoms with E-state index in [4.69, 9.17) is 0 Å². The summed E-state index contributed by atoms with van der Waals surface area (Å²) in [4.78, 5) is 19.1. The Balaban J connectivity index is 2.63. The summed E-state index contributed by atoms with van der Waals surface area (Å²) in [6, 6.07) is 0. The number of rotatable bonds is 5. The van der Waals surface area contributed by atoms with E-state index in [9.17, 15) is 9.90 Å². The van der Waals surface area contributed by atoms with Crippen LogP contribution < -0.4 is 5.32 Å². The predicted octanol–water partition coefficient (Wildman–Crippen LogP) is 0.692. The Morgan fingerprint density at radius 2 is 2.24 bits per heavy atom. The van der Waals surface area contributed by atoms with E-state index in [1.807, 2.05) is 13.8 Å². The highest BCUT2D eigenvalue weighted by Crippen LogP contribution is 2.06. The van der Waals surface area contributed by atoms with Gasteiger partial charge >= 0.3 is 5.97 Å². The van der Waals surface area contributed by atoms with Gasteiger partial charge in [-0.05, 0) is 5.92 Å². The predicted molar refractivity (Wildman–Crippen MR) is 62.7 cm³/mol. The van der Waals surface area contributed by atoms with Crippen molar-refractivity contribution in [1.29, 1.82) is 0 Å². The van der Waals surface area contributed by atoms with Crippen LogP contribution in [0, 0.1) is 5.92 Å². The van der Waals surface area contributed by atoms with Crippen molar-refractivity contribution in [2.45, 2.75) is 20.0 Å². The van der Waals surface area contributed by atoms with Crippen LogP contribution in [0.5, 0.6) is 0 Å². The molecule has 0 aliphatic rings. The Labute approximate surface area is 100 Å². The van der Waals surface area contributed by atoms with E-state index >= 15 is 0 Å². The average molecular weight is 239 g/mol. The lowest BCUT2D eigenvalue weighted by molar-refractivity contribution is 0.0593. The first-order chi connectivity index (χ1) is 8.04. The zero-order valence-electron chi connectivity index (χ0n) is 10.2. The Kier molecular flexibility index (Phi) is 4.84. The van der Waals surface area contributed by atoms with Crippen LogP contribution in [0.1, 0.15) is 24.3 Å². The molecular formula is C11H17N3O3. The van der Waals surface area contributed by atoms with Gasteiger partial charge in [-0.1, -0.05) is 13.8 Å². The summed E-state index contributed by atoms with van der Waals surface area (Å²) in [5.41, 5.74) is 0.136. The first-order valence-electron chi connectivity index (χ1n) is 5.37. The summed E-state index contributed by atoms with van der Waals surface area (Å²) in [6.45, 7) is 4.20. The third kappa shape index (κ3) is 3.99. The maximum atomic E-state index is 11.2. The number of aliphatic hydroxyl groups is 1. The van der Waals surface area contributed by atoms with Crippen molar-refractivity contribution in [3.63, 3.8) is 0 Å². The van der Waals surface area contributed by atoms with Crippen molar-refractivity contribution in [1.82, 2.24) is 9.97 Å². The van der Waals surface area contributed by atoms with E-state index in [2.05, 4.69) is 20.0 Å². The van der Waals surface area contributed by atoms with Gasteiger partial charge in [0.1, 0.15) is 5.82 Å². The molecule has 1 unspecified atom stereocenters. The molecule has 0 saturated carbocycles. The van der Waals surface area contributed by atoms with Gasteiger partial charge in [-0.15, -0.1) is 0 Å². The molecule has 6 nitrogen and oxygen atoms in total. The average Bonchev–Trinajstić information content (AvgIpc) is 2.35. The first-order valence-corrected chi connectivity index (χ1v) is 5.37. The molecule has 0 aliphatic carbocycles.